The summed E-state index contributed by atoms with van der Waals surface area (Å²) < 4.78 is 38.0. The van der Waals surface area contributed by atoms with Crippen LogP contribution in [0.4, 0.5) is 13.2 Å². The Balaban J connectivity index is 2.70. The van der Waals surface area contributed by atoms with Crippen molar-refractivity contribution in [1.29, 1.82) is 0 Å². The minimum atomic E-state index is -4.58. The first-order valence-corrected chi connectivity index (χ1v) is 5.51. The summed E-state index contributed by atoms with van der Waals surface area (Å²) in [6.45, 7) is 1.53. The van der Waals surface area contributed by atoms with Crippen LogP contribution >= 0.6 is 0 Å². The average molecular weight is 274 g/mol. The highest BCUT2D eigenvalue weighted by Crippen LogP contribution is 2.31. The maximum atomic E-state index is 12.7. The van der Waals surface area contributed by atoms with Crippen LogP contribution in [-0.4, -0.2) is 24.9 Å². The number of amides is 2. The van der Waals surface area contributed by atoms with E-state index in [4.69, 9.17) is 0 Å². The van der Waals surface area contributed by atoms with Crippen LogP contribution in [-0.2, 0) is 11.0 Å². The number of nitrogens with one attached hydrogen (secondary N) is 2. The Kier molecular flexibility index (Phi) is 4.91. The van der Waals surface area contributed by atoms with Gasteiger partial charge in [-0.25, -0.2) is 0 Å². The number of hydrogen-bond acceptors (Lipinski definition) is 2. The van der Waals surface area contributed by atoms with Gasteiger partial charge in [-0.2, -0.15) is 13.2 Å². The summed E-state index contributed by atoms with van der Waals surface area (Å²) in [5.41, 5.74) is -1.41. The molecule has 0 aliphatic heterocycles. The first-order chi connectivity index (χ1) is 8.82. The molecule has 0 saturated carbocycles. The molecule has 19 heavy (non-hydrogen) atoms. The molecular weight excluding hydrogens is 261 g/mol. The average Bonchev–Trinajstić information content (AvgIpc) is 2.33. The largest absolute Gasteiger partial charge is 0.417 e. The molecule has 7 heteroatoms. The van der Waals surface area contributed by atoms with E-state index >= 15 is 0 Å². The molecule has 104 valence electrons. The van der Waals surface area contributed by atoms with E-state index in [1.165, 1.54) is 19.1 Å². The van der Waals surface area contributed by atoms with Crippen LogP contribution in [0.3, 0.4) is 0 Å². The maximum absolute atomic E-state index is 12.7. The molecule has 0 heterocycles. The van der Waals surface area contributed by atoms with Gasteiger partial charge in [0.15, 0.2) is 0 Å². The smallest absolute Gasteiger partial charge is 0.355 e. The van der Waals surface area contributed by atoms with Gasteiger partial charge in [0.05, 0.1) is 11.1 Å². The molecule has 0 bridgehead atoms. The van der Waals surface area contributed by atoms with Gasteiger partial charge in [-0.05, 0) is 12.1 Å². The molecule has 0 fully saturated rings. The Bertz CT molecular complexity index is 472. The number of rotatable bonds is 4. The zero-order valence-electron chi connectivity index (χ0n) is 10.2. The van der Waals surface area contributed by atoms with Gasteiger partial charge in [-0.3, -0.25) is 9.59 Å². The van der Waals surface area contributed by atoms with Crippen LogP contribution in [0.1, 0.15) is 22.8 Å². The highest BCUT2D eigenvalue weighted by molar-refractivity contribution is 5.95. The van der Waals surface area contributed by atoms with Crippen molar-refractivity contribution in [2.75, 3.05) is 13.1 Å². The van der Waals surface area contributed by atoms with Gasteiger partial charge in [0, 0.05) is 20.0 Å². The first kappa shape index (κ1) is 15.0. The van der Waals surface area contributed by atoms with Crippen LogP contribution in [0.25, 0.3) is 0 Å². The standard InChI is InChI=1S/C12H13F3N2O2/c1-8(18)16-6-7-17-11(19)9-4-2-3-5-10(9)12(13,14)15/h2-5H,6-7H2,1H3,(H,16,18)(H,17,19). The minimum absolute atomic E-state index is 0.0601. The Morgan fingerprint density at radius 3 is 2.26 bits per heavy atom. The van der Waals surface area contributed by atoms with Gasteiger partial charge in [0.1, 0.15) is 0 Å². The second-order valence-corrected chi connectivity index (χ2v) is 3.78. The molecule has 0 atom stereocenters. The zero-order valence-corrected chi connectivity index (χ0v) is 10.2. The number of benzene rings is 1. The second kappa shape index (κ2) is 6.21. The molecule has 0 radical (unpaired) electrons. The summed E-state index contributed by atoms with van der Waals surface area (Å²) in [5, 5.41) is 4.73. The predicted octanol–water partition coefficient (Wildman–Crippen LogP) is 1.57. The third-order valence-corrected chi connectivity index (χ3v) is 2.26. The van der Waals surface area contributed by atoms with E-state index in [1.54, 1.807) is 0 Å². The Morgan fingerprint density at radius 2 is 1.68 bits per heavy atom. The Labute approximate surface area is 108 Å². The van der Waals surface area contributed by atoms with E-state index in [1.807, 2.05) is 0 Å². The molecule has 0 aliphatic carbocycles. The molecular formula is C12H13F3N2O2. The molecule has 0 aromatic heterocycles. The second-order valence-electron chi connectivity index (χ2n) is 3.78. The normalized spacial score (nSPS) is 10.9. The van der Waals surface area contributed by atoms with Gasteiger partial charge in [-0.15, -0.1) is 0 Å². The van der Waals surface area contributed by atoms with E-state index in [9.17, 15) is 22.8 Å². The third kappa shape index (κ3) is 4.61. The van der Waals surface area contributed by atoms with Crippen LogP contribution < -0.4 is 10.6 Å². The van der Waals surface area contributed by atoms with Crippen molar-refractivity contribution < 1.29 is 22.8 Å². The van der Waals surface area contributed by atoms with Gasteiger partial charge in [-0.1, -0.05) is 12.1 Å². The molecule has 2 N–H and O–H groups in total. The summed E-state index contributed by atoms with van der Waals surface area (Å²) in [6, 6.07) is 4.54. The molecule has 2 amide bonds. The summed E-state index contributed by atoms with van der Waals surface area (Å²) in [6.07, 6.45) is -4.58. The van der Waals surface area contributed by atoms with Crippen LogP contribution in [0.15, 0.2) is 24.3 Å². The van der Waals surface area contributed by atoms with E-state index in [-0.39, 0.29) is 19.0 Å². The molecule has 1 aromatic rings. The van der Waals surface area contributed by atoms with Crippen molar-refractivity contribution in [1.82, 2.24) is 10.6 Å². The number of carbonyl (C=O) groups is 2. The molecule has 1 aromatic carbocycles. The molecule has 0 saturated heterocycles. The van der Waals surface area contributed by atoms with Crippen LogP contribution in [0, 0.1) is 0 Å². The van der Waals surface area contributed by atoms with Gasteiger partial charge in [0.2, 0.25) is 5.91 Å². The fourth-order valence-electron chi connectivity index (χ4n) is 1.44. The van der Waals surface area contributed by atoms with Crippen LogP contribution in [0.5, 0.6) is 0 Å². The molecule has 0 aliphatic rings. The number of hydrogen-bond donors (Lipinski definition) is 2. The van der Waals surface area contributed by atoms with Crippen molar-refractivity contribution in [3.8, 4) is 0 Å². The monoisotopic (exact) mass is 274 g/mol. The lowest BCUT2D eigenvalue weighted by Crippen LogP contribution is -2.34. The molecule has 4 nitrogen and oxygen atoms in total. The van der Waals surface area contributed by atoms with Gasteiger partial charge >= 0.3 is 6.18 Å². The molecule has 0 unspecified atom stereocenters. The zero-order chi connectivity index (χ0) is 14.5. The van der Waals surface area contributed by atoms with E-state index in [0.29, 0.717) is 0 Å². The SMILES string of the molecule is CC(=O)NCCNC(=O)c1ccccc1C(F)(F)F. The topological polar surface area (TPSA) is 58.2 Å². The minimum Gasteiger partial charge on any atom is -0.355 e. The van der Waals surface area contributed by atoms with Gasteiger partial charge in [0.25, 0.3) is 5.91 Å². The van der Waals surface area contributed by atoms with Crippen molar-refractivity contribution in [2.24, 2.45) is 0 Å². The Hall–Kier alpha value is -2.05. The maximum Gasteiger partial charge on any atom is 0.417 e. The first-order valence-electron chi connectivity index (χ1n) is 5.51. The van der Waals surface area contributed by atoms with Gasteiger partial charge < -0.3 is 10.6 Å². The van der Waals surface area contributed by atoms with E-state index < -0.39 is 23.2 Å². The summed E-state index contributed by atoms with van der Waals surface area (Å²) in [4.78, 5) is 22.2. The highest BCUT2D eigenvalue weighted by atomic mass is 19.4. The predicted molar refractivity (Wildman–Crippen MR) is 62.5 cm³/mol. The van der Waals surface area contributed by atoms with Crippen LogP contribution in [0.2, 0.25) is 0 Å². The lowest BCUT2D eigenvalue weighted by molar-refractivity contribution is -0.138. The molecule has 0 spiro atoms. The summed E-state index contributed by atoms with van der Waals surface area (Å²) >= 11 is 0. The summed E-state index contributed by atoms with van der Waals surface area (Å²) in [5.74, 6) is -1.09. The van der Waals surface area contributed by atoms with E-state index in [0.717, 1.165) is 12.1 Å². The van der Waals surface area contributed by atoms with E-state index in [2.05, 4.69) is 10.6 Å². The number of halogens is 3. The quantitative estimate of drug-likeness (QED) is 0.819. The third-order valence-electron chi connectivity index (χ3n) is 2.26. The fraction of sp³-hybridized carbons (Fsp3) is 0.333. The van der Waals surface area contributed by atoms with Crippen molar-refractivity contribution in [2.45, 2.75) is 13.1 Å². The van der Waals surface area contributed by atoms with Crippen molar-refractivity contribution in [3.63, 3.8) is 0 Å². The lowest BCUT2D eigenvalue weighted by Gasteiger charge is -2.12. The fourth-order valence-corrected chi connectivity index (χ4v) is 1.44. The van der Waals surface area contributed by atoms with Crippen molar-refractivity contribution in [3.05, 3.63) is 35.4 Å². The number of carbonyl (C=O) groups excluding carboxylic acids is 2. The number of alkyl halides is 3. The van der Waals surface area contributed by atoms with Crippen molar-refractivity contribution >= 4 is 11.8 Å². The highest BCUT2D eigenvalue weighted by Gasteiger charge is 2.34. The molecule has 1 rings (SSSR count). The summed E-state index contributed by atoms with van der Waals surface area (Å²) in [7, 11) is 0. The lowest BCUT2D eigenvalue weighted by atomic mass is 10.1. The Morgan fingerprint density at radius 1 is 1.11 bits per heavy atom.